The highest BCUT2D eigenvalue weighted by Gasteiger charge is 2.13. The number of benzene rings is 1. The molecule has 2 rings (SSSR count). The standard InChI is InChI=1S/C12H11ClFN3O/c1-2-7-6-15-17-11(7)16-12(18)9-4-3-8(14)5-10(9)13/h3-6H,2H2,1H3,(H2,15,16,17,18). The molecule has 0 saturated carbocycles. The van der Waals surface area contributed by atoms with Gasteiger partial charge in [0.15, 0.2) is 0 Å². The number of aryl methyl sites for hydroxylation is 1. The number of amides is 1. The largest absolute Gasteiger partial charge is 0.307 e. The Morgan fingerprint density at radius 2 is 2.33 bits per heavy atom. The van der Waals surface area contributed by atoms with E-state index in [0.717, 1.165) is 18.1 Å². The van der Waals surface area contributed by atoms with Crippen LogP contribution in [0, 0.1) is 5.82 Å². The number of hydrogen-bond donors (Lipinski definition) is 2. The first-order valence-electron chi connectivity index (χ1n) is 5.40. The predicted molar refractivity (Wildman–Crippen MR) is 67.3 cm³/mol. The highest BCUT2D eigenvalue weighted by Crippen LogP contribution is 2.19. The summed E-state index contributed by atoms with van der Waals surface area (Å²) in [4.78, 5) is 11.9. The predicted octanol–water partition coefficient (Wildman–Crippen LogP) is 3.02. The number of aromatic amines is 1. The Bertz CT molecular complexity index is 582. The summed E-state index contributed by atoms with van der Waals surface area (Å²) in [5.41, 5.74) is 1.11. The van der Waals surface area contributed by atoms with Crippen molar-refractivity contribution in [2.45, 2.75) is 13.3 Å². The van der Waals surface area contributed by atoms with Crippen LogP contribution in [0.2, 0.25) is 5.02 Å². The van der Waals surface area contributed by atoms with E-state index in [-0.39, 0.29) is 10.6 Å². The number of halogens is 2. The number of aromatic nitrogens is 2. The Hall–Kier alpha value is -1.88. The Kier molecular flexibility index (Phi) is 3.62. The summed E-state index contributed by atoms with van der Waals surface area (Å²) in [5.74, 6) is -0.353. The minimum atomic E-state index is -0.479. The van der Waals surface area contributed by atoms with Gasteiger partial charge in [-0.3, -0.25) is 9.89 Å². The highest BCUT2D eigenvalue weighted by atomic mass is 35.5. The molecule has 0 aliphatic heterocycles. The molecule has 4 nitrogen and oxygen atoms in total. The lowest BCUT2D eigenvalue weighted by molar-refractivity contribution is 0.102. The molecule has 0 unspecified atom stereocenters. The SMILES string of the molecule is CCc1cn[nH]c1NC(=O)c1ccc(F)cc1Cl. The highest BCUT2D eigenvalue weighted by molar-refractivity contribution is 6.34. The average molecular weight is 268 g/mol. The second-order valence-electron chi connectivity index (χ2n) is 3.70. The normalized spacial score (nSPS) is 10.4. The lowest BCUT2D eigenvalue weighted by Gasteiger charge is -2.06. The van der Waals surface area contributed by atoms with Crippen LogP contribution in [0.3, 0.4) is 0 Å². The number of nitrogens with zero attached hydrogens (tertiary/aromatic N) is 1. The lowest BCUT2D eigenvalue weighted by atomic mass is 10.2. The number of rotatable bonds is 3. The topological polar surface area (TPSA) is 57.8 Å². The van der Waals surface area contributed by atoms with Gasteiger partial charge in [0, 0.05) is 5.56 Å². The monoisotopic (exact) mass is 267 g/mol. The van der Waals surface area contributed by atoms with E-state index in [0.29, 0.717) is 5.82 Å². The van der Waals surface area contributed by atoms with Gasteiger partial charge in [0.2, 0.25) is 0 Å². The van der Waals surface area contributed by atoms with Crippen LogP contribution in [0.15, 0.2) is 24.4 Å². The van der Waals surface area contributed by atoms with E-state index in [1.165, 1.54) is 12.1 Å². The van der Waals surface area contributed by atoms with Crippen molar-refractivity contribution in [2.75, 3.05) is 5.32 Å². The molecule has 94 valence electrons. The second kappa shape index (κ2) is 5.18. The van der Waals surface area contributed by atoms with Gasteiger partial charge in [0.05, 0.1) is 16.8 Å². The van der Waals surface area contributed by atoms with Gasteiger partial charge in [-0.2, -0.15) is 5.10 Å². The first-order valence-corrected chi connectivity index (χ1v) is 5.78. The minimum Gasteiger partial charge on any atom is -0.307 e. The lowest BCUT2D eigenvalue weighted by Crippen LogP contribution is -2.14. The number of nitrogens with one attached hydrogen (secondary N) is 2. The van der Waals surface area contributed by atoms with Gasteiger partial charge in [0.25, 0.3) is 5.91 Å². The fourth-order valence-electron chi connectivity index (χ4n) is 1.54. The average Bonchev–Trinajstić information content (AvgIpc) is 2.76. The Labute approximate surface area is 108 Å². The zero-order valence-corrected chi connectivity index (χ0v) is 10.4. The van der Waals surface area contributed by atoms with E-state index >= 15 is 0 Å². The molecule has 0 aliphatic rings. The van der Waals surface area contributed by atoms with Crippen molar-refractivity contribution in [1.29, 1.82) is 0 Å². The van der Waals surface area contributed by atoms with Crippen LogP contribution in [-0.4, -0.2) is 16.1 Å². The third-order valence-corrected chi connectivity index (χ3v) is 2.83. The van der Waals surface area contributed by atoms with Crippen LogP contribution >= 0.6 is 11.6 Å². The fraction of sp³-hybridized carbons (Fsp3) is 0.167. The quantitative estimate of drug-likeness (QED) is 0.898. The number of carbonyl (C=O) groups excluding carboxylic acids is 1. The van der Waals surface area contributed by atoms with E-state index in [1.54, 1.807) is 6.20 Å². The Morgan fingerprint density at radius 1 is 1.56 bits per heavy atom. The van der Waals surface area contributed by atoms with E-state index in [2.05, 4.69) is 15.5 Å². The second-order valence-corrected chi connectivity index (χ2v) is 4.11. The van der Waals surface area contributed by atoms with Crippen LogP contribution < -0.4 is 5.32 Å². The molecule has 0 spiro atoms. The van der Waals surface area contributed by atoms with Crippen molar-refractivity contribution in [3.8, 4) is 0 Å². The van der Waals surface area contributed by atoms with Crippen molar-refractivity contribution in [3.63, 3.8) is 0 Å². The molecule has 0 atom stereocenters. The van der Waals surface area contributed by atoms with Crippen LogP contribution in [0.25, 0.3) is 0 Å². The van der Waals surface area contributed by atoms with Gasteiger partial charge in [0.1, 0.15) is 11.6 Å². The fourth-order valence-corrected chi connectivity index (χ4v) is 1.79. The van der Waals surface area contributed by atoms with Gasteiger partial charge in [-0.05, 0) is 24.6 Å². The summed E-state index contributed by atoms with van der Waals surface area (Å²) in [6.45, 7) is 1.95. The van der Waals surface area contributed by atoms with Crippen molar-refractivity contribution < 1.29 is 9.18 Å². The zero-order valence-electron chi connectivity index (χ0n) is 9.63. The van der Waals surface area contributed by atoms with Gasteiger partial charge in [-0.15, -0.1) is 0 Å². The maximum absolute atomic E-state index is 12.9. The minimum absolute atomic E-state index is 0.0741. The molecule has 18 heavy (non-hydrogen) atoms. The Balaban J connectivity index is 2.22. The molecular weight excluding hydrogens is 257 g/mol. The number of H-pyrrole nitrogens is 1. The van der Waals surface area contributed by atoms with Gasteiger partial charge >= 0.3 is 0 Å². The Morgan fingerprint density at radius 3 is 3.00 bits per heavy atom. The summed E-state index contributed by atoms with van der Waals surface area (Å²) in [7, 11) is 0. The number of hydrogen-bond acceptors (Lipinski definition) is 2. The molecule has 0 fully saturated rings. The molecule has 0 radical (unpaired) electrons. The first kappa shape index (κ1) is 12.6. The molecule has 1 heterocycles. The van der Waals surface area contributed by atoms with Crippen molar-refractivity contribution in [2.24, 2.45) is 0 Å². The molecular formula is C12H11ClFN3O. The maximum Gasteiger partial charge on any atom is 0.258 e. The molecule has 1 aromatic heterocycles. The van der Waals surface area contributed by atoms with Crippen LogP contribution in [0.1, 0.15) is 22.8 Å². The van der Waals surface area contributed by atoms with E-state index < -0.39 is 11.7 Å². The summed E-state index contributed by atoms with van der Waals surface area (Å²) in [6, 6.07) is 3.63. The number of carbonyl (C=O) groups is 1. The smallest absolute Gasteiger partial charge is 0.258 e. The third kappa shape index (κ3) is 2.51. The molecule has 0 aliphatic carbocycles. The maximum atomic E-state index is 12.9. The van der Waals surface area contributed by atoms with Gasteiger partial charge in [-0.25, -0.2) is 4.39 Å². The molecule has 0 bridgehead atoms. The van der Waals surface area contributed by atoms with Crippen LogP contribution in [-0.2, 0) is 6.42 Å². The first-order chi connectivity index (χ1) is 8.61. The van der Waals surface area contributed by atoms with Crippen molar-refractivity contribution in [1.82, 2.24) is 10.2 Å². The molecule has 6 heteroatoms. The van der Waals surface area contributed by atoms with Crippen LogP contribution in [0.4, 0.5) is 10.2 Å². The molecule has 2 N–H and O–H groups in total. The summed E-state index contributed by atoms with van der Waals surface area (Å²) >= 11 is 5.81. The van der Waals surface area contributed by atoms with Crippen molar-refractivity contribution in [3.05, 3.63) is 46.4 Å². The number of anilines is 1. The summed E-state index contributed by atoms with van der Waals surface area (Å²) in [5, 5.41) is 9.26. The van der Waals surface area contributed by atoms with Crippen LogP contribution in [0.5, 0.6) is 0 Å². The van der Waals surface area contributed by atoms with E-state index in [1.807, 2.05) is 6.92 Å². The molecule has 2 aromatic rings. The van der Waals surface area contributed by atoms with E-state index in [4.69, 9.17) is 11.6 Å². The summed E-state index contributed by atoms with van der Waals surface area (Å²) in [6.07, 6.45) is 2.38. The van der Waals surface area contributed by atoms with Crippen molar-refractivity contribution >= 4 is 23.3 Å². The summed E-state index contributed by atoms with van der Waals surface area (Å²) < 4.78 is 12.9. The zero-order chi connectivity index (χ0) is 13.1. The van der Waals surface area contributed by atoms with Gasteiger partial charge in [-0.1, -0.05) is 18.5 Å². The van der Waals surface area contributed by atoms with E-state index in [9.17, 15) is 9.18 Å². The molecule has 0 saturated heterocycles. The van der Waals surface area contributed by atoms with Gasteiger partial charge < -0.3 is 5.32 Å². The third-order valence-electron chi connectivity index (χ3n) is 2.51. The molecule has 1 aromatic carbocycles. The molecule has 1 amide bonds.